The molecule has 4 rings (SSSR count). The van der Waals surface area contributed by atoms with Crippen molar-refractivity contribution in [3.05, 3.63) is 53.5 Å². The molecule has 3 heterocycles. The molecular weight excluding hydrogens is 396 g/mol. The number of rotatable bonds is 6. The molecule has 1 unspecified atom stereocenters. The molecule has 2 aliphatic rings. The summed E-state index contributed by atoms with van der Waals surface area (Å²) in [5.74, 6) is 1.69. The maximum atomic E-state index is 12.5. The van der Waals surface area contributed by atoms with Gasteiger partial charge in [-0.1, -0.05) is 0 Å². The van der Waals surface area contributed by atoms with Gasteiger partial charge in [-0.05, 0) is 57.0 Å². The minimum atomic E-state index is -0.159. The lowest BCUT2D eigenvalue weighted by molar-refractivity contribution is -0.117. The number of hydrogen-bond acceptors (Lipinski definition) is 5. The second kappa shape index (κ2) is 9.29. The molecule has 7 nitrogen and oxygen atoms in total. The van der Waals surface area contributed by atoms with Gasteiger partial charge in [-0.15, -0.1) is 0 Å². The fourth-order valence-corrected chi connectivity index (χ4v) is 4.06. The summed E-state index contributed by atoms with van der Waals surface area (Å²) >= 11 is 0. The van der Waals surface area contributed by atoms with E-state index < -0.39 is 0 Å². The highest BCUT2D eigenvalue weighted by atomic mass is 16.5. The first-order valence-electron chi connectivity index (χ1n) is 10.8. The zero-order valence-corrected chi connectivity index (χ0v) is 17.9. The number of benzene rings is 1. The Morgan fingerprint density at radius 2 is 2.10 bits per heavy atom. The van der Waals surface area contributed by atoms with E-state index in [1.165, 1.54) is 12.3 Å². The van der Waals surface area contributed by atoms with Gasteiger partial charge in [-0.2, -0.15) is 0 Å². The molecule has 7 heteroatoms. The highest BCUT2D eigenvalue weighted by Crippen LogP contribution is 2.35. The first kappa shape index (κ1) is 21.0. The molecule has 2 aliphatic heterocycles. The molecule has 1 atom stereocenters. The monoisotopic (exact) mass is 424 g/mol. The van der Waals surface area contributed by atoms with Gasteiger partial charge in [0.2, 0.25) is 5.91 Å². The quantitative estimate of drug-likeness (QED) is 0.719. The predicted octanol–water partition coefficient (Wildman–Crippen LogP) is 3.44. The van der Waals surface area contributed by atoms with Crippen molar-refractivity contribution in [3.8, 4) is 11.5 Å². The largest absolute Gasteiger partial charge is 0.493 e. The van der Waals surface area contributed by atoms with Gasteiger partial charge in [0.25, 0.3) is 5.91 Å². The van der Waals surface area contributed by atoms with E-state index in [1.54, 1.807) is 23.1 Å². The first-order valence-corrected chi connectivity index (χ1v) is 10.8. The van der Waals surface area contributed by atoms with Crippen molar-refractivity contribution >= 4 is 17.9 Å². The summed E-state index contributed by atoms with van der Waals surface area (Å²) < 4.78 is 16.8. The molecule has 1 fully saturated rings. The van der Waals surface area contributed by atoms with Gasteiger partial charge in [-0.25, -0.2) is 0 Å². The van der Waals surface area contributed by atoms with Crippen molar-refractivity contribution in [1.29, 1.82) is 0 Å². The summed E-state index contributed by atoms with van der Waals surface area (Å²) in [6, 6.07) is 7.35. The Bertz CT molecular complexity index is 959. The predicted molar refractivity (Wildman–Crippen MR) is 116 cm³/mol. The van der Waals surface area contributed by atoms with Crippen LogP contribution >= 0.6 is 0 Å². The Morgan fingerprint density at radius 1 is 1.29 bits per heavy atom. The molecular formula is C24H28N2O5. The minimum Gasteiger partial charge on any atom is -0.493 e. The summed E-state index contributed by atoms with van der Waals surface area (Å²) in [7, 11) is 0. The maximum absolute atomic E-state index is 12.5. The van der Waals surface area contributed by atoms with Crippen LogP contribution in [0.15, 0.2) is 41.0 Å². The first-order chi connectivity index (χ1) is 15.0. The van der Waals surface area contributed by atoms with Crippen molar-refractivity contribution in [3.63, 3.8) is 0 Å². The maximum Gasteiger partial charge on any atom is 0.289 e. The second-order valence-electron chi connectivity index (χ2n) is 7.95. The van der Waals surface area contributed by atoms with Crippen LogP contribution in [-0.2, 0) is 11.2 Å². The average molecular weight is 424 g/mol. The number of carbonyl (C=O) groups excluding carboxylic acids is 2. The third-order valence-corrected chi connectivity index (χ3v) is 5.60. The standard InChI is InChI=1S/C24H28N2O5/c1-3-29-21-15-18-13-16(2)31-22(18)14-17(21)6-7-23(27)25-19-8-10-26(11-9-19)24(28)20-5-4-12-30-20/h4-7,12,14-16,19H,3,8-11,13H2,1-2H3,(H,25,27)/b7-6+. The Morgan fingerprint density at radius 3 is 2.81 bits per heavy atom. The number of hydrogen-bond donors (Lipinski definition) is 1. The smallest absolute Gasteiger partial charge is 0.289 e. The third kappa shape index (κ3) is 4.93. The normalized spacial score (nSPS) is 18.6. The topological polar surface area (TPSA) is 81.0 Å². The average Bonchev–Trinajstić information content (AvgIpc) is 3.41. The summed E-state index contributed by atoms with van der Waals surface area (Å²) in [6.45, 7) is 5.70. The molecule has 31 heavy (non-hydrogen) atoms. The lowest BCUT2D eigenvalue weighted by atomic mass is 10.0. The number of amides is 2. The molecule has 0 bridgehead atoms. The van der Waals surface area contributed by atoms with Gasteiger partial charge >= 0.3 is 0 Å². The van der Waals surface area contributed by atoms with Crippen LogP contribution in [0, 0.1) is 0 Å². The number of nitrogens with zero attached hydrogens (tertiary/aromatic N) is 1. The number of carbonyl (C=O) groups is 2. The molecule has 1 N–H and O–H groups in total. The van der Waals surface area contributed by atoms with Crippen LogP contribution in [0.3, 0.4) is 0 Å². The van der Waals surface area contributed by atoms with Crippen LogP contribution in [0.1, 0.15) is 48.4 Å². The van der Waals surface area contributed by atoms with Gasteiger partial charge in [-0.3, -0.25) is 9.59 Å². The number of ether oxygens (including phenoxy) is 2. The van der Waals surface area contributed by atoms with Crippen molar-refractivity contribution < 1.29 is 23.5 Å². The zero-order valence-electron chi connectivity index (χ0n) is 17.9. The van der Waals surface area contributed by atoms with Crippen molar-refractivity contribution in [2.75, 3.05) is 19.7 Å². The Kier molecular flexibility index (Phi) is 6.30. The van der Waals surface area contributed by atoms with E-state index in [2.05, 4.69) is 5.32 Å². The SMILES string of the molecule is CCOc1cc2c(cc1/C=C/C(=O)NC1CCN(C(=O)c3ccco3)CC1)OC(C)C2. The van der Waals surface area contributed by atoms with E-state index in [4.69, 9.17) is 13.9 Å². The number of furan rings is 1. The molecule has 1 aromatic carbocycles. The highest BCUT2D eigenvalue weighted by molar-refractivity contribution is 5.93. The molecule has 1 aromatic heterocycles. The summed E-state index contributed by atoms with van der Waals surface area (Å²) in [5.41, 5.74) is 1.96. The second-order valence-corrected chi connectivity index (χ2v) is 7.95. The number of fused-ring (bicyclic) bond motifs is 1. The molecule has 0 radical (unpaired) electrons. The zero-order chi connectivity index (χ0) is 21.8. The van der Waals surface area contributed by atoms with Crippen LogP contribution in [0.5, 0.6) is 11.5 Å². The molecule has 0 aliphatic carbocycles. The van der Waals surface area contributed by atoms with Gasteiger partial charge in [0.05, 0.1) is 12.9 Å². The van der Waals surface area contributed by atoms with Crippen molar-refractivity contribution in [2.45, 2.75) is 45.3 Å². The molecule has 2 amide bonds. The van der Waals surface area contributed by atoms with Crippen LogP contribution < -0.4 is 14.8 Å². The number of nitrogens with one attached hydrogen (secondary N) is 1. The lowest BCUT2D eigenvalue weighted by Crippen LogP contribution is -2.46. The van der Waals surface area contributed by atoms with Gasteiger partial charge in [0, 0.05) is 42.8 Å². The number of likely N-dealkylation sites (tertiary alicyclic amines) is 1. The number of piperidine rings is 1. The van der Waals surface area contributed by atoms with Crippen LogP contribution in [0.2, 0.25) is 0 Å². The van der Waals surface area contributed by atoms with E-state index >= 15 is 0 Å². The van der Waals surface area contributed by atoms with E-state index in [0.29, 0.717) is 38.3 Å². The molecule has 164 valence electrons. The third-order valence-electron chi connectivity index (χ3n) is 5.60. The van der Waals surface area contributed by atoms with Gasteiger partial charge in [0.1, 0.15) is 17.6 Å². The van der Waals surface area contributed by atoms with Gasteiger partial charge < -0.3 is 24.1 Å². The minimum absolute atomic E-state index is 0.0355. The van der Waals surface area contributed by atoms with Crippen LogP contribution in [0.4, 0.5) is 0 Å². The summed E-state index contributed by atoms with van der Waals surface area (Å²) in [4.78, 5) is 26.6. The highest BCUT2D eigenvalue weighted by Gasteiger charge is 2.25. The van der Waals surface area contributed by atoms with Crippen molar-refractivity contribution in [1.82, 2.24) is 10.2 Å². The van der Waals surface area contributed by atoms with Gasteiger partial charge in [0.15, 0.2) is 5.76 Å². The fourth-order valence-electron chi connectivity index (χ4n) is 4.06. The Balaban J connectivity index is 1.33. The fraction of sp³-hybridized carbons (Fsp3) is 0.417. The molecule has 2 aromatic rings. The van der Waals surface area contributed by atoms with E-state index in [-0.39, 0.29) is 24.0 Å². The summed E-state index contributed by atoms with van der Waals surface area (Å²) in [6.07, 6.45) is 7.23. The van der Waals surface area contributed by atoms with E-state index in [9.17, 15) is 9.59 Å². The molecule has 1 saturated heterocycles. The summed E-state index contributed by atoms with van der Waals surface area (Å²) in [5, 5.41) is 3.03. The Labute approximate surface area is 182 Å². The molecule has 0 spiro atoms. The van der Waals surface area contributed by atoms with E-state index in [1.807, 2.05) is 26.0 Å². The Hall–Kier alpha value is -3.22. The molecule has 0 saturated carbocycles. The van der Waals surface area contributed by atoms with Crippen molar-refractivity contribution in [2.24, 2.45) is 0 Å². The lowest BCUT2D eigenvalue weighted by Gasteiger charge is -2.31. The van der Waals surface area contributed by atoms with E-state index in [0.717, 1.165) is 29.0 Å². The van der Waals surface area contributed by atoms with Crippen LogP contribution in [-0.4, -0.2) is 48.6 Å². The van der Waals surface area contributed by atoms with Crippen LogP contribution in [0.25, 0.3) is 6.08 Å².